The number of allylic oxidation sites excluding steroid dienone is 2. The second kappa shape index (κ2) is 6.62. The zero-order valence-corrected chi connectivity index (χ0v) is 8.07. The van der Waals surface area contributed by atoms with Crippen LogP contribution in [0.5, 0.6) is 0 Å². The zero-order valence-electron chi connectivity index (χ0n) is 8.07. The molecular weight excluding hydrogens is 180 g/mol. The van der Waals surface area contributed by atoms with Crippen LogP contribution in [0.15, 0.2) is 24.3 Å². The summed E-state index contributed by atoms with van der Waals surface area (Å²) in [5, 5.41) is 0. The van der Waals surface area contributed by atoms with Gasteiger partial charge in [0.05, 0.1) is 0 Å². The Bertz CT molecular complexity index is 299. The molecule has 1 aliphatic carbocycles. The smallest absolute Gasteiger partial charge is 0.314 e. The van der Waals surface area contributed by atoms with Crippen LogP contribution in [0.25, 0.3) is 21.5 Å². The van der Waals surface area contributed by atoms with Gasteiger partial charge in [0.15, 0.2) is 0 Å². The molecule has 0 N–H and O–H groups in total. The highest BCUT2D eigenvalue weighted by molar-refractivity contribution is 6.00. The molecule has 0 bridgehead atoms. The Kier molecular flexibility index (Phi) is 5.74. The van der Waals surface area contributed by atoms with Crippen LogP contribution >= 0.6 is 0 Å². The Balaban J connectivity index is 0.000000500. The van der Waals surface area contributed by atoms with Crippen molar-refractivity contribution >= 4 is 5.71 Å². The lowest BCUT2D eigenvalue weighted by molar-refractivity contribution is -0.00170. The lowest BCUT2D eigenvalue weighted by atomic mass is 10.1. The van der Waals surface area contributed by atoms with E-state index in [2.05, 4.69) is 9.69 Å². The van der Waals surface area contributed by atoms with E-state index in [0.717, 1.165) is 0 Å². The molecule has 0 aromatic rings. The molecule has 0 spiro atoms. The van der Waals surface area contributed by atoms with Gasteiger partial charge in [-0.2, -0.15) is 4.79 Å². The standard InChI is InChI=1S/C8H11N3.N3/c1-11(2)8-5-3-7(10-9)4-6-8;1-3-2/h3-6,8H,1-2H3;/q;-1. The molecule has 0 atom stereocenters. The van der Waals surface area contributed by atoms with Crippen LogP contribution in [-0.4, -0.2) is 35.5 Å². The van der Waals surface area contributed by atoms with Crippen molar-refractivity contribution in [2.45, 2.75) is 6.04 Å². The largest absolute Gasteiger partial charge is 0.373 e. The first-order chi connectivity index (χ1) is 6.65. The monoisotopic (exact) mass is 191 g/mol. The minimum atomic E-state index is 0.320. The number of hydrogen-bond donors (Lipinski definition) is 0. The third-order valence-corrected chi connectivity index (χ3v) is 1.64. The maximum atomic E-state index is 8.39. The average molecular weight is 191 g/mol. The summed E-state index contributed by atoms with van der Waals surface area (Å²) in [6.45, 7) is 0. The molecule has 0 aromatic carbocycles. The van der Waals surface area contributed by atoms with Crippen molar-refractivity contribution in [3.63, 3.8) is 0 Å². The second-order valence-corrected chi connectivity index (χ2v) is 2.79. The molecule has 74 valence electrons. The van der Waals surface area contributed by atoms with Crippen molar-refractivity contribution in [1.29, 1.82) is 0 Å². The molecule has 14 heavy (non-hydrogen) atoms. The van der Waals surface area contributed by atoms with Gasteiger partial charge in [0.25, 0.3) is 0 Å². The van der Waals surface area contributed by atoms with Crippen LogP contribution in [0.1, 0.15) is 0 Å². The molecule has 1 aliphatic rings. The predicted octanol–water partition coefficient (Wildman–Crippen LogP) is 1.58. The minimum Gasteiger partial charge on any atom is -0.373 e. The van der Waals surface area contributed by atoms with Crippen molar-refractivity contribution in [1.82, 2.24) is 4.90 Å². The summed E-state index contributed by atoms with van der Waals surface area (Å²) < 4.78 is 0. The normalized spacial score (nSPS) is 18.2. The Morgan fingerprint density at radius 2 is 1.57 bits per heavy atom. The van der Waals surface area contributed by atoms with Crippen LogP contribution in [0, 0.1) is 0 Å². The maximum Gasteiger partial charge on any atom is 0.314 e. The van der Waals surface area contributed by atoms with E-state index in [1.54, 1.807) is 12.2 Å². The van der Waals surface area contributed by atoms with Gasteiger partial charge in [0.1, 0.15) is 0 Å². The first-order valence-corrected chi connectivity index (χ1v) is 3.89. The summed E-state index contributed by atoms with van der Waals surface area (Å²) in [5.74, 6) is 0. The first-order valence-electron chi connectivity index (χ1n) is 3.89. The molecule has 0 aliphatic heterocycles. The Morgan fingerprint density at radius 3 is 1.86 bits per heavy atom. The van der Waals surface area contributed by atoms with Gasteiger partial charge >= 0.3 is 5.71 Å². The van der Waals surface area contributed by atoms with E-state index in [1.807, 2.05) is 26.2 Å². The summed E-state index contributed by atoms with van der Waals surface area (Å²) in [5.41, 5.74) is 22.5. The van der Waals surface area contributed by atoms with Crippen LogP contribution in [-0.2, 0) is 0 Å². The van der Waals surface area contributed by atoms with E-state index >= 15 is 0 Å². The average Bonchev–Trinajstić information content (AvgIpc) is 2.19. The van der Waals surface area contributed by atoms with Crippen molar-refractivity contribution in [2.24, 2.45) is 0 Å². The first kappa shape index (κ1) is 12.1. The fourth-order valence-corrected chi connectivity index (χ4v) is 0.925. The topological polar surface area (TPSA) is 98.3 Å². The SMILES string of the molecule is CN(C)C1C=CC(=[N+]=[N-])C=C1.[N-]=[N+]=[N-]. The molecule has 0 heterocycles. The highest BCUT2D eigenvalue weighted by atomic mass is 15.1. The van der Waals surface area contributed by atoms with E-state index in [0.29, 0.717) is 11.8 Å². The van der Waals surface area contributed by atoms with E-state index in [9.17, 15) is 0 Å². The third kappa shape index (κ3) is 4.23. The van der Waals surface area contributed by atoms with Crippen molar-refractivity contribution in [3.8, 4) is 0 Å². The lowest BCUT2D eigenvalue weighted by Gasteiger charge is -2.17. The quantitative estimate of drug-likeness (QED) is 0.351. The molecule has 1 rings (SSSR count). The minimum absolute atomic E-state index is 0.320. The van der Waals surface area contributed by atoms with E-state index in [1.165, 1.54) is 4.91 Å². The predicted molar refractivity (Wildman–Crippen MR) is 54.5 cm³/mol. The van der Waals surface area contributed by atoms with Gasteiger partial charge in [-0.05, 0) is 14.1 Å². The summed E-state index contributed by atoms with van der Waals surface area (Å²) in [6, 6.07) is 0.320. The number of rotatable bonds is 1. The Morgan fingerprint density at radius 1 is 1.14 bits per heavy atom. The van der Waals surface area contributed by atoms with Crippen molar-refractivity contribution in [3.05, 3.63) is 45.8 Å². The Labute approximate surface area is 82.2 Å². The van der Waals surface area contributed by atoms with Gasteiger partial charge in [0, 0.05) is 18.2 Å². The summed E-state index contributed by atoms with van der Waals surface area (Å²) in [7, 11) is 4.00. The molecule has 0 unspecified atom stereocenters. The van der Waals surface area contributed by atoms with Crippen LogP contribution in [0.3, 0.4) is 0 Å². The van der Waals surface area contributed by atoms with Gasteiger partial charge in [-0.25, -0.2) is 0 Å². The Hall–Kier alpha value is -1.87. The van der Waals surface area contributed by atoms with E-state index < -0.39 is 0 Å². The molecule has 0 radical (unpaired) electrons. The van der Waals surface area contributed by atoms with Crippen LogP contribution in [0.2, 0.25) is 0 Å². The molecule has 0 saturated heterocycles. The van der Waals surface area contributed by atoms with E-state index in [-0.39, 0.29) is 0 Å². The van der Waals surface area contributed by atoms with Crippen LogP contribution < -0.4 is 0 Å². The lowest BCUT2D eigenvalue weighted by Crippen LogP contribution is -2.25. The molecular formula is C8H11N6-. The maximum absolute atomic E-state index is 8.39. The number of hydrogen-bond acceptors (Lipinski definition) is 1. The number of nitrogens with zero attached hydrogens (tertiary/aromatic N) is 6. The molecule has 0 fully saturated rings. The van der Waals surface area contributed by atoms with Gasteiger partial charge in [-0.1, -0.05) is 12.2 Å². The molecule has 0 saturated carbocycles. The van der Waals surface area contributed by atoms with Gasteiger partial charge < -0.3 is 16.6 Å². The molecule has 0 aromatic heterocycles. The molecule has 6 heteroatoms. The fourth-order valence-electron chi connectivity index (χ4n) is 0.925. The van der Waals surface area contributed by atoms with Gasteiger partial charge in [-0.15, -0.1) is 0 Å². The van der Waals surface area contributed by atoms with Gasteiger partial charge in [0.2, 0.25) is 0 Å². The van der Waals surface area contributed by atoms with Crippen molar-refractivity contribution in [2.75, 3.05) is 14.1 Å². The fraction of sp³-hybridized carbons (Fsp3) is 0.375. The summed E-state index contributed by atoms with van der Waals surface area (Å²) in [6.07, 6.45) is 7.56. The van der Waals surface area contributed by atoms with Crippen molar-refractivity contribution < 1.29 is 4.79 Å². The highest BCUT2D eigenvalue weighted by Crippen LogP contribution is 2.03. The summed E-state index contributed by atoms with van der Waals surface area (Å²) >= 11 is 0. The molecule has 0 amide bonds. The van der Waals surface area contributed by atoms with Gasteiger partial charge in [-0.3, -0.25) is 9.81 Å². The third-order valence-electron chi connectivity index (χ3n) is 1.64. The molecule has 6 nitrogen and oxygen atoms in total. The highest BCUT2D eigenvalue weighted by Gasteiger charge is 2.10. The van der Waals surface area contributed by atoms with Crippen LogP contribution in [0.4, 0.5) is 0 Å². The second-order valence-electron chi connectivity index (χ2n) is 2.79. The number of likely N-dealkylation sites (N-methyl/N-ethyl adjacent to an activating group) is 1. The zero-order chi connectivity index (χ0) is 11.0. The van der Waals surface area contributed by atoms with E-state index in [4.69, 9.17) is 16.6 Å². The summed E-state index contributed by atoms with van der Waals surface area (Å²) in [4.78, 5) is 6.64.